The summed E-state index contributed by atoms with van der Waals surface area (Å²) in [6.07, 6.45) is 4.23. The van der Waals surface area contributed by atoms with Crippen molar-refractivity contribution in [3.63, 3.8) is 0 Å². The minimum atomic E-state index is -3.14. The molecular weight excluding hydrogens is 284 g/mol. The van der Waals surface area contributed by atoms with Gasteiger partial charge in [-0.05, 0) is 54.8 Å². The first kappa shape index (κ1) is 15.5. The van der Waals surface area contributed by atoms with Gasteiger partial charge in [-0.2, -0.15) is 0 Å². The quantitative estimate of drug-likeness (QED) is 0.890. The maximum atomic E-state index is 11.9. The Labute approximate surface area is 126 Å². The molecule has 0 spiro atoms. The van der Waals surface area contributed by atoms with Crippen LogP contribution in [0.2, 0.25) is 0 Å². The number of hydrogen-bond acceptors (Lipinski definition) is 4. The molecule has 0 bridgehead atoms. The highest BCUT2D eigenvalue weighted by Crippen LogP contribution is 2.17. The van der Waals surface area contributed by atoms with E-state index in [2.05, 4.69) is 10.3 Å². The van der Waals surface area contributed by atoms with Gasteiger partial charge in [0.05, 0.1) is 10.6 Å². The van der Waals surface area contributed by atoms with E-state index in [9.17, 15) is 8.42 Å². The highest BCUT2D eigenvalue weighted by Gasteiger charge is 2.12. The van der Waals surface area contributed by atoms with Gasteiger partial charge in [-0.1, -0.05) is 6.92 Å². The third-order valence-electron chi connectivity index (χ3n) is 3.32. The van der Waals surface area contributed by atoms with E-state index >= 15 is 0 Å². The molecule has 0 fully saturated rings. The van der Waals surface area contributed by atoms with Crippen LogP contribution in [0.4, 0.5) is 5.69 Å². The number of rotatable bonds is 6. The standard InChI is InChI=1S/C16H20N2O2S/c1-3-10-21(19,20)16-6-4-15(5-7-16)18-12-14-11-17-9-8-13(14)2/h4-9,11,18H,3,10,12H2,1-2H3. The van der Waals surface area contributed by atoms with Crippen LogP contribution in [0.5, 0.6) is 0 Å². The van der Waals surface area contributed by atoms with Crippen molar-refractivity contribution in [3.05, 3.63) is 53.9 Å². The van der Waals surface area contributed by atoms with E-state index in [1.54, 1.807) is 30.5 Å². The SMILES string of the molecule is CCCS(=O)(=O)c1ccc(NCc2cnccc2C)cc1. The molecule has 0 aliphatic carbocycles. The molecule has 0 amide bonds. The van der Waals surface area contributed by atoms with Crippen LogP contribution in [0.15, 0.2) is 47.6 Å². The fraction of sp³-hybridized carbons (Fsp3) is 0.312. The van der Waals surface area contributed by atoms with Crippen LogP contribution in [0.1, 0.15) is 24.5 Å². The number of nitrogens with one attached hydrogen (secondary N) is 1. The summed E-state index contributed by atoms with van der Waals surface area (Å²) < 4.78 is 23.9. The molecule has 0 saturated heterocycles. The van der Waals surface area contributed by atoms with E-state index in [1.807, 2.05) is 26.1 Å². The molecule has 0 aliphatic heterocycles. The molecule has 1 heterocycles. The number of nitrogens with zero attached hydrogens (tertiary/aromatic N) is 1. The monoisotopic (exact) mass is 304 g/mol. The van der Waals surface area contributed by atoms with Crippen molar-refractivity contribution >= 4 is 15.5 Å². The summed E-state index contributed by atoms with van der Waals surface area (Å²) in [5.74, 6) is 0.189. The molecule has 5 heteroatoms. The lowest BCUT2D eigenvalue weighted by atomic mass is 10.1. The highest BCUT2D eigenvalue weighted by molar-refractivity contribution is 7.91. The number of anilines is 1. The van der Waals surface area contributed by atoms with Gasteiger partial charge in [0.25, 0.3) is 0 Å². The maximum absolute atomic E-state index is 11.9. The third-order valence-corrected chi connectivity index (χ3v) is 5.25. The summed E-state index contributed by atoms with van der Waals surface area (Å²) in [6.45, 7) is 4.57. The smallest absolute Gasteiger partial charge is 0.178 e. The van der Waals surface area contributed by atoms with Gasteiger partial charge in [0.1, 0.15) is 0 Å². The first-order valence-corrected chi connectivity index (χ1v) is 8.64. The van der Waals surface area contributed by atoms with Crippen molar-refractivity contribution < 1.29 is 8.42 Å². The number of hydrogen-bond donors (Lipinski definition) is 1. The van der Waals surface area contributed by atoms with E-state index in [0.29, 0.717) is 17.9 Å². The minimum absolute atomic E-state index is 0.189. The number of sulfone groups is 1. The van der Waals surface area contributed by atoms with Gasteiger partial charge in [-0.3, -0.25) is 4.98 Å². The number of pyridine rings is 1. The third kappa shape index (κ3) is 4.04. The number of aromatic nitrogens is 1. The molecule has 0 unspecified atom stereocenters. The lowest BCUT2D eigenvalue weighted by Crippen LogP contribution is -2.06. The van der Waals surface area contributed by atoms with Gasteiger partial charge in [0, 0.05) is 24.6 Å². The van der Waals surface area contributed by atoms with E-state index < -0.39 is 9.84 Å². The van der Waals surface area contributed by atoms with E-state index in [0.717, 1.165) is 11.3 Å². The molecule has 4 nitrogen and oxygen atoms in total. The van der Waals surface area contributed by atoms with Crippen LogP contribution in [0.25, 0.3) is 0 Å². The summed E-state index contributed by atoms with van der Waals surface area (Å²) in [7, 11) is -3.14. The van der Waals surface area contributed by atoms with Crippen LogP contribution >= 0.6 is 0 Å². The Hall–Kier alpha value is -1.88. The van der Waals surface area contributed by atoms with Crippen molar-refractivity contribution in [1.82, 2.24) is 4.98 Å². The van der Waals surface area contributed by atoms with Crippen molar-refractivity contribution in [3.8, 4) is 0 Å². The van der Waals surface area contributed by atoms with Crippen LogP contribution in [-0.2, 0) is 16.4 Å². The van der Waals surface area contributed by atoms with Crippen molar-refractivity contribution in [2.75, 3.05) is 11.1 Å². The molecule has 1 aromatic carbocycles. The molecule has 112 valence electrons. The van der Waals surface area contributed by atoms with E-state index in [-0.39, 0.29) is 5.75 Å². The lowest BCUT2D eigenvalue weighted by Gasteiger charge is -2.09. The Morgan fingerprint density at radius 2 is 1.86 bits per heavy atom. The highest BCUT2D eigenvalue weighted by atomic mass is 32.2. The minimum Gasteiger partial charge on any atom is -0.381 e. The van der Waals surface area contributed by atoms with Crippen molar-refractivity contribution in [2.45, 2.75) is 31.7 Å². The molecule has 0 aliphatic rings. The van der Waals surface area contributed by atoms with Gasteiger partial charge in [-0.15, -0.1) is 0 Å². The second-order valence-electron chi connectivity index (χ2n) is 5.00. The van der Waals surface area contributed by atoms with Crippen LogP contribution in [0, 0.1) is 6.92 Å². The predicted molar refractivity (Wildman–Crippen MR) is 85.1 cm³/mol. The fourth-order valence-corrected chi connectivity index (χ4v) is 3.37. The molecule has 0 radical (unpaired) electrons. The van der Waals surface area contributed by atoms with Crippen LogP contribution in [-0.4, -0.2) is 19.2 Å². The Morgan fingerprint density at radius 3 is 2.48 bits per heavy atom. The molecule has 2 aromatic rings. The van der Waals surface area contributed by atoms with Gasteiger partial charge < -0.3 is 5.32 Å². The van der Waals surface area contributed by atoms with Crippen molar-refractivity contribution in [2.24, 2.45) is 0 Å². The zero-order valence-corrected chi connectivity index (χ0v) is 13.2. The first-order valence-electron chi connectivity index (χ1n) is 6.99. The number of benzene rings is 1. The van der Waals surface area contributed by atoms with Gasteiger partial charge in [0.2, 0.25) is 0 Å². The Bertz CT molecular complexity index is 694. The first-order chi connectivity index (χ1) is 10.0. The second-order valence-corrected chi connectivity index (χ2v) is 7.11. The summed E-state index contributed by atoms with van der Waals surface area (Å²) in [6, 6.07) is 8.88. The molecule has 2 rings (SSSR count). The van der Waals surface area contributed by atoms with E-state index in [4.69, 9.17) is 0 Å². The maximum Gasteiger partial charge on any atom is 0.178 e. The largest absolute Gasteiger partial charge is 0.381 e. The summed E-state index contributed by atoms with van der Waals surface area (Å²) in [5.41, 5.74) is 3.20. The van der Waals surface area contributed by atoms with Gasteiger partial charge in [0.15, 0.2) is 9.84 Å². The molecular formula is C16H20N2O2S. The van der Waals surface area contributed by atoms with Crippen LogP contribution < -0.4 is 5.32 Å². The zero-order valence-electron chi connectivity index (χ0n) is 12.3. The van der Waals surface area contributed by atoms with Crippen LogP contribution in [0.3, 0.4) is 0 Å². The number of aryl methyl sites for hydroxylation is 1. The predicted octanol–water partition coefficient (Wildman–Crippen LogP) is 3.19. The van der Waals surface area contributed by atoms with Crippen molar-refractivity contribution in [1.29, 1.82) is 0 Å². The fourth-order valence-electron chi connectivity index (χ4n) is 2.05. The second kappa shape index (κ2) is 6.72. The summed E-state index contributed by atoms with van der Waals surface area (Å²) >= 11 is 0. The summed E-state index contributed by atoms with van der Waals surface area (Å²) in [4.78, 5) is 4.49. The van der Waals surface area contributed by atoms with Gasteiger partial charge >= 0.3 is 0 Å². The molecule has 1 aromatic heterocycles. The molecule has 0 saturated carbocycles. The molecule has 21 heavy (non-hydrogen) atoms. The summed E-state index contributed by atoms with van der Waals surface area (Å²) in [5, 5.41) is 3.28. The zero-order chi connectivity index (χ0) is 15.3. The Morgan fingerprint density at radius 1 is 1.14 bits per heavy atom. The van der Waals surface area contributed by atoms with Gasteiger partial charge in [-0.25, -0.2) is 8.42 Å². The normalized spacial score (nSPS) is 11.3. The van der Waals surface area contributed by atoms with E-state index in [1.165, 1.54) is 5.56 Å². The lowest BCUT2D eigenvalue weighted by molar-refractivity contribution is 0.595. The average molecular weight is 304 g/mol. The topological polar surface area (TPSA) is 59.1 Å². The molecule has 0 atom stereocenters. The average Bonchev–Trinajstić information content (AvgIpc) is 2.47. The Balaban J connectivity index is 2.05. The molecule has 1 N–H and O–H groups in total. The Kier molecular flexibility index (Phi) is 4.96.